The van der Waals surface area contributed by atoms with Crippen LogP contribution in [0.25, 0.3) is 0 Å². The number of hydrogen-bond donors (Lipinski definition) is 0. The Kier molecular flexibility index (Phi) is 2.43. The lowest BCUT2D eigenvalue weighted by atomic mass is 9.55. The van der Waals surface area contributed by atoms with Crippen molar-refractivity contribution in [3.8, 4) is 0 Å². The van der Waals surface area contributed by atoms with Crippen LogP contribution in [0.1, 0.15) is 49.7 Å². The van der Waals surface area contributed by atoms with Crippen LogP contribution in [0.15, 0.2) is 18.2 Å². The van der Waals surface area contributed by atoms with E-state index in [1.165, 1.54) is 24.0 Å². The maximum Gasteiger partial charge on any atom is 0.139 e. The number of rotatable bonds is 0. The highest BCUT2D eigenvalue weighted by atomic mass is 16.1. The molecule has 19 heavy (non-hydrogen) atoms. The minimum absolute atomic E-state index is 0.0421. The number of ketones is 1. The van der Waals surface area contributed by atoms with E-state index in [9.17, 15) is 4.79 Å². The van der Waals surface area contributed by atoms with Gasteiger partial charge in [0.1, 0.15) is 5.78 Å². The van der Waals surface area contributed by atoms with Crippen molar-refractivity contribution in [2.24, 2.45) is 17.3 Å². The van der Waals surface area contributed by atoms with Gasteiger partial charge in [0, 0.05) is 11.8 Å². The van der Waals surface area contributed by atoms with Crippen molar-refractivity contribution in [2.75, 3.05) is 0 Å². The van der Waals surface area contributed by atoms with Crippen LogP contribution in [-0.2, 0) is 11.2 Å². The van der Waals surface area contributed by atoms with Crippen LogP contribution >= 0.6 is 0 Å². The number of benzene rings is 1. The highest BCUT2D eigenvalue weighted by molar-refractivity contribution is 5.87. The molecule has 0 aliphatic heterocycles. The van der Waals surface area contributed by atoms with Gasteiger partial charge in [-0.25, -0.2) is 0 Å². The maximum atomic E-state index is 12.2. The summed E-state index contributed by atoms with van der Waals surface area (Å²) >= 11 is 0. The molecule has 1 heteroatoms. The first-order valence-electron chi connectivity index (χ1n) is 7.55. The second kappa shape index (κ2) is 3.94. The smallest absolute Gasteiger partial charge is 0.139 e. The van der Waals surface area contributed by atoms with Gasteiger partial charge in [-0.1, -0.05) is 25.1 Å². The van der Waals surface area contributed by atoms with Crippen molar-refractivity contribution in [2.45, 2.75) is 44.9 Å². The SMILES string of the molecule is C[C@]12C[CH][C@@H]3c4cc[c]cc4CC[C@H]3[C@@H]1CCC2=O. The van der Waals surface area contributed by atoms with Gasteiger partial charge in [-0.15, -0.1) is 0 Å². The number of hydrogen-bond acceptors (Lipinski definition) is 1. The minimum Gasteiger partial charge on any atom is -0.299 e. The van der Waals surface area contributed by atoms with Gasteiger partial charge in [-0.05, 0) is 67.1 Å². The Labute approximate surface area is 115 Å². The fraction of sp³-hybridized carbons (Fsp3) is 0.556. The molecule has 2 saturated carbocycles. The molecule has 3 aliphatic carbocycles. The molecule has 4 rings (SSSR count). The second-order valence-electron chi connectivity index (χ2n) is 6.78. The fourth-order valence-corrected chi connectivity index (χ4v) is 4.93. The molecule has 0 saturated heterocycles. The summed E-state index contributed by atoms with van der Waals surface area (Å²) in [5.41, 5.74) is 2.95. The Morgan fingerprint density at radius 3 is 3.11 bits per heavy atom. The van der Waals surface area contributed by atoms with E-state index in [0.717, 1.165) is 19.3 Å². The van der Waals surface area contributed by atoms with E-state index in [0.29, 0.717) is 23.5 Å². The molecule has 1 aromatic carbocycles. The van der Waals surface area contributed by atoms with E-state index < -0.39 is 0 Å². The summed E-state index contributed by atoms with van der Waals surface area (Å²) in [5, 5.41) is 0. The van der Waals surface area contributed by atoms with Crippen molar-refractivity contribution >= 4 is 5.78 Å². The maximum absolute atomic E-state index is 12.2. The molecule has 4 atom stereocenters. The lowest BCUT2D eigenvalue weighted by Gasteiger charge is -2.48. The summed E-state index contributed by atoms with van der Waals surface area (Å²) in [5.74, 6) is 2.41. The lowest BCUT2D eigenvalue weighted by molar-refractivity contribution is -0.128. The molecular formula is C18H20O. The predicted octanol–water partition coefficient (Wildman–Crippen LogP) is 3.73. The van der Waals surface area contributed by atoms with Crippen molar-refractivity contribution in [1.82, 2.24) is 0 Å². The molecule has 1 nitrogen and oxygen atoms in total. The average Bonchev–Trinajstić information content (AvgIpc) is 2.75. The third-order valence-corrected chi connectivity index (χ3v) is 6.01. The molecule has 0 spiro atoms. The van der Waals surface area contributed by atoms with Gasteiger partial charge < -0.3 is 0 Å². The van der Waals surface area contributed by atoms with E-state index in [4.69, 9.17) is 0 Å². The molecule has 0 aromatic heterocycles. The van der Waals surface area contributed by atoms with Crippen LogP contribution in [0.4, 0.5) is 0 Å². The largest absolute Gasteiger partial charge is 0.299 e. The topological polar surface area (TPSA) is 17.1 Å². The van der Waals surface area contributed by atoms with Gasteiger partial charge in [-0.3, -0.25) is 4.79 Å². The molecule has 0 unspecified atom stereocenters. The van der Waals surface area contributed by atoms with E-state index in [2.05, 4.69) is 31.5 Å². The lowest BCUT2D eigenvalue weighted by Crippen LogP contribution is -2.42. The first-order chi connectivity index (χ1) is 9.20. The normalized spacial score (nSPS) is 40.5. The number of carbonyl (C=O) groups is 1. The monoisotopic (exact) mass is 252 g/mol. The van der Waals surface area contributed by atoms with Gasteiger partial charge in [0.05, 0.1) is 0 Å². The number of aryl methyl sites for hydroxylation is 1. The molecule has 2 fully saturated rings. The van der Waals surface area contributed by atoms with E-state index in [1.54, 1.807) is 0 Å². The quantitative estimate of drug-likeness (QED) is 0.687. The van der Waals surface area contributed by atoms with Crippen molar-refractivity contribution < 1.29 is 4.79 Å². The van der Waals surface area contributed by atoms with Crippen LogP contribution in [0, 0.1) is 29.7 Å². The zero-order valence-corrected chi connectivity index (χ0v) is 11.5. The van der Waals surface area contributed by atoms with Crippen LogP contribution in [0.2, 0.25) is 0 Å². The summed E-state index contributed by atoms with van der Waals surface area (Å²) in [6, 6.07) is 9.66. The van der Waals surface area contributed by atoms with Crippen molar-refractivity contribution in [1.29, 1.82) is 0 Å². The Hall–Kier alpha value is -1.11. The highest BCUT2D eigenvalue weighted by Gasteiger charge is 2.54. The van der Waals surface area contributed by atoms with E-state index in [1.807, 2.05) is 6.07 Å². The molecule has 0 heterocycles. The van der Waals surface area contributed by atoms with Gasteiger partial charge in [0.25, 0.3) is 0 Å². The van der Waals surface area contributed by atoms with Crippen LogP contribution in [0.5, 0.6) is 0 Å². The van der Waals surface area contributed by atoms with Gasteiger partial charge in [0.15, 0.2) is 0 Å². The van der Waals surface area contributed by atoms with Crippen LogP contribution in [-0.4, -0.2) is 5.78 Å². The average molecular weight is 252 g/mol. The first-order valence-corrected chi connectivity index (χ1v) is 7.55. The first kappa shape index (κ1) is 11.7. The van der Waals surface area contributed by atoms with Crippen molar-refractivity contribution in [3.63, 3.8) is 0 Å². The number of Topliss-reactive ketones (excluding diaryl/α,β-unsaturated/α-hetero) is 1. The summed E-state index contributed by atoms with van der Waals surface area (Å²) in [7, 11) is 0. The fourth-order valence-electron chi connectivity index (χ4n) is 4.93. The third-order valence-electron chi connectivity index (χ3n) is 6.01. The summed E-state index contributed by atoms with van der Waals surface area (Å²) < 4.78 is 0. The molecule has 0 N–H and O–H groups in total. The predicted molar refractivity (Wildman–Crippen MR) is 74.6 cm³/mol. The second-order valence-corrected chi connectivity index (χ2v) is 6.78. The zero-order valence-electron chi connectivity index (χ0n) is 11.5. The standard InChI is InChI=1S/C18H20O/c1-18-11-10-14-13-5-3-2-4-12(13)6-7-15(14)16(18)8-9-17(18)19/h3-5,10,14-16H,6-9,11H2,1H3/t14-,15-,16+,18+/m1/s1. The Morgan fingerprint density at radius 1 is 1.32 bits per heavy atom. The highest BCUT2D eigenvalue weighted by Crippen LogP contribution is 2.58. The molecule has 2 radical (unpaired) electrons. The van der Waals surface area contributed by atoms with Crippen molar-refractivity contribution in [3.05, 3.63) is 41.8 Å². The molecule has 0 amide bonds. The Balaban J connectivity index is 1.74. The zero-order chi connectivity index (χ0) is 13.0. The Morgan fingerprint density at radius 2 is 2.21 bits per heavy atom. The number of fused-ring (bicyclic) bond motifs is 5. The molecule has 3 aliphatic rings. The summed E-state index contributed by atoms with van der Waals surface area (Å²) in [6.45, 7) is 2.22. The van der Waals surface area contributed by atoms with E-state index in [-0.39, 0.29) is 5.41 Å². The van der Waals surface area contributed by atoms with Crippen LogP contribution < -0.4 is 0 Å². The molecule has 98 valence electrons. The molecule has 0 bridgehead atoms. The Bertz CT molecular complexity index is 532. The van der Waals surface area contributed by atoms with E-state index >= 15 is 0 Å². The van der Waals surface area contributed by atoms with Gasteiger partial charge >= 0.3 is 0 Å². The summed E-state index contributed by atoms with van der Waals surface area (Å²) in [6.07, 6.45) is 7.78. The molecular weight excluding hydrogens is 232 g/mol. The third kappa shape index (κ3) is 1.50. The summed E-state index contributed by atoms with van der Waals surface area (Å²) in [4.78, 5) is 12.2. The number of carbonyl (C=O) groups excluding carboxylic acids is 1. The minimum atomic E-state index is -0.0421. The van der Waals surface area contributed by atoms with Crippen LogP contribution in [0.3, 0.4) is 0 Å². The molecule has 1 aromatic rings. The van der Waals surface area contributed by atoms with Gasteiger partial charge in [0.2, 0.25) is 0 Å². The van der Waals surface area contributed by atoms with Gasteiger partial charge in [-0.2, -0.15) is 0 Å².